The second kappa shape index (κ2) is 7.32. The Morgan fingerprint density at radius 3 is 2.70 bits per heavy atom. The van der Waals surface area contributed by atoms with Gasteiger partial charge in [0.25, 0.3) is 0 Å². The predicted octanol–water partition coefficient (Wildman–Crippen LogP) is 4.79. The molecule has 2 N–H and O–H groups in total. The third-order valence-electron chi connectivity index (χ3n) is 2.75. The lowest BCUT2D eigenvalue weighted by Crippen LogP contribution is -2.25. The van der Waals surface area contributed by atoms with E-state index in [9.17, 15) is 4.39 Å². The topological polar surface area (TPSA) is 26.0 Å². The zero-order valence-corrected chi connectivity index (χ0v) is 13.0. The molecule has 5 heteroatoms. The van der Waals surface area contributed by atoms with Crippen LogP contribution in [0.2, 0.25) is 10.0 Å². The largest absolute Gasteiger partial charge is 0.327 e. The molecule has 0 aromatic heterocycles. The quantitative estimate of drug-likeness (QED) is 0.798. The van der Waals surface area contributed by atoms with Crippen molar-refractivity contribution in [3.05, 3.63) is 63.9 Å². The number of hydrogen-bond acceptors (Lipinski definition) is 2. The molecule has 0 aliphatic rings. The monoisotopic (exact) mass is 329 g/mol. The van der Waals surface area contributed by atoms with Gasteiger partial charge in [0.1, 0.15) is 5.82 Å². The van der Waals surface area contributed by atoms with E-state index in [4.69, 9.17) is 28.9 Å². The lowest BCUT2D eigenvalue weighted by atomic mass is 10.1. The highest BCUT2D eigenvalue weighted by molar-refractivity contribution is 7.99. The van der Waals surface area contributed by atoms with Crippen LogP contribution in [-0.4, -0.2) is 11.8 Å². The van der Waals surface area contributed by atoms with E-state index in [0.29, 0.717) is 22.2 Å². The van der Waals surface area contributed by atoms with Crippen molar-refractivity contribution in [2.24, 2.45) is 5.73 Å². The summed E-state index contributed by atoms with van der Waals surface area (Å²) in [5, 5.41) is 1.31. The van der Waals surface area contributed by atoms with Crippen LogP contribution in [0.15, 0.2) is 47.4 Å². The van der Waals surface area contributed by atoms with Gasteiger partial charge in [-0.25, -0.2) is 4.39 Å². The van der Waals surface area contributed by atoms with E-state index in [0.717, 1.165) is 10.5 Å². The lowest BCUT2D eigenvalue weighted by molar-refractivity contribution is 0.624. The molecule has 20 heavy (non-hydrogen) atoms. The smallest absolute Gasteiger partial charge is 0.124 e. The van der Waals surface area contributed by atoms with Crippen molar-refractivity contribution in [1.82, 2.24) is 0 Å². The first-order chi connectivity index (χ1) is 9.54. The molecule has 1 unspecified atom stereocenters. The Bertz CT molecular complexity index is 592. The Labute approximate surface area is 132 Å². The third kappa shape index (κ3) is 4.67. The van der Waals surface area contributed by atoms with E-state index in [1.165, 1.54) is 23.9 Å². The van der Waals surface area contributed by atoms with E-state index in [2.05, 4.69) is 0 Å². The minimum absolute atomic E-state index is 0.0702. The molecule has 1 nitrogen and oxygen atoms in total. The molecule has 0 aliphatic heterocycles. The summed E-state index contributed by atoms with van der Waals surface area (Å²) in [6.07, 6.45) is 0.641. The van der Waals surface area contributed by atoms with E-state index in [-0.39, 0.29) is 11.9 Å². The first-order valence-corrected chi connectivity index (χ1v) is 7.86. The summed E-state index contributed by atoms with van der Waals surface area (Å²) in [6, 6.07) is 11.8. The molecular weight excluding hydrogens is 316 g/mol. The van der Waals surface area contributed by atoms with Gasteiger partial charge in [-0.15, -0.1) is 11.8 Å². The van der Waals surface area contributed by atoms with Gasteiger partial charge in [-0.3, -0.25) is 0 Å². The van der Waals surface area contributed by atoms with Crippen LogP contribution in [0.3, 0.4) is 0 Å². The Morgan fingerprint density at radius 1 is 1.15 bits per heavy atom. The molecule has 0 amide bonds. The minimum atomic E-state index is -0.235. The zero-order valence-electron chi connectivity index (χ0n) is 10.7. The van der Waals surface area contributed by atoms with E-state index < -0.39 is 0 Å². The first kappa shape index (κ1) is 15.6. The summed E-state index contributed by atoms with van der Waals surface area (Å²) in [6.45, 7) is 0. The van der Waals surface area contributed by atoms with Crippen molar-refractivity contribution in [1.29, 1.82) is 0 Å². The van der Waals surface area contributed by atoms with Gasteiger partial charge < -0.3 is 5.73 Å². The summed E-state index contributed by atoms with van der Waals surface area (Å²) >= 11 is 13.6. The number of nitrogens with two attached hydrogens (primary N) is 1. The van der Waals surface area contributed by atoms with Gasteiger partial charge in [0.15, 0.2) is 0 Å². The molecule has 0 fully saturated rings. The van der Waals surface area contributed by atoms with Gasteiger partial charge in [-0.1, -0.05) is 29.3 Å². The van der Waals surface area contributed by atoms with Gasteiger partial charge in [0.05, 0.1) is 0 Å². The second-order valence-electron chi connectivity index (χ2n) is 4.47. The maximum absolute atomic E-state index is 13.1. The molecule has 0 spiro atoms. The maximum atomic E-state index is 13.1. The molecular formula is C15H14Cl2FNS. The number of rotatable bonds is 5. The normalized spacial score (nSPS) is 12.4. The van der Waals surface area contributed by atoms with Crippen LogP contribution in [0.1, 0.15) is 5.56 Å². The van der Waals surface area contributed by atoms with Crippen LogP contribution in [0.5, 0.6) is 0 Å². The molecule has 1 atom stereocenters. The molecule has 2 aromatic carbocycles. The Kier molecular flexibility index (Phi) is 5.73. The highest BCUT2D eigenvalue weighted by Gasteiger charge is 2.09. The number of benzene rings is 2. The summed E-state index contributed by atoms with van der Waals surface area (Å²) in [5.41, 5.74) is 7.03. The van der Waals surface area contributed by atoms with Gasteiger partial charge in [-0.05, 0) is 48.4 Å². The fraction of sp³-hybridized carbons (Fsp3) is 0.200. The van der Waals surface area contributed by atoms with E-state index in [1.807, 2.05) is 12.1 Å². The Balaban J connectivity index is 1.92. The summed E-state index contributed by atoms with van der Waals surface area (Å²) < 4.78 is 13.1. The first-order valence-electron chi connectivity index (χ1n) is 6.12. The Morgan fingerprint density at radius 2 is 1.95 bits per heavy atom. The number of thioether (sulfide) groups is 1. The molecule has 2 aromatic rings. The van der Waals surface area contributed by atoms with Gasteiger partial charge >= 0.3 is 0 Å². The second-order valence-corrected chi connectivity index (χ2v) is 6.41. The molecule has 0 radical (unpaired) electrons. The van der Waals surface area contributed by atoms with Crippen molar-refractivity contribution in [2.75, 3.05) is 5.75 Å². The molecule has 0 saturated carbocycles. The van der Waals surface area contributed by atoms with E-state index >= 15 is 0 Å². The SMILES string of the molecule is NC(CSc1cccc(F)c1)Cc1cc(Cl)ccc1Cl. The minimum Gasteiger partial charge on any atom is -0.327 e. The van der Waals surface area contributed by atoms with Crippen molar-refractivity contribution < 1.29 is 4.39 Å². The van der Waals surface area contributed by atoms with Gasteiger partial charge in [0.2, 0.25) is 0 Å². The van der Waals surface area contributed by atoms with Crippen LogP contribution in [0.4, 0.5) is 4.39 Å². The van der Waals surface area contributed by atoms with Crippen LogP contribution < -0.4 is 5.73 Å². The fourth-order valence-electron chi connectivity index (χ4n) is 1.80. The van der Waals surface area contributed by atoms with Crippen molar-refractivity contribution in [3.63, 3.8) is 0 Å². The summed E-state index contributed by atoms with van der Waals surface area (Å²) in [4.78, 5) is 0.873. The fourth-order valence-corrected chi connectivity index (χ4v) is 3.09. The number of halogens is 3. The van der Waals surface area contributed by atoms with Crippen molar-refractivity contribution in [2.45, 2.75) is 17.4 Å². The van der Waals surface area contributed by atoms with E-state index in [1.54, 1.807) is 18.2 Å². The van der Waals surface area contributed by atoms with Crippen LogP contribution in [-0.2, 0) is 6.42 Å². The summed E-state index contributed by atoms with van der Waals surface area (Å²) in [7, 11) is 0. The standard InChI is InChI=1S/C15H14Cl2FNS/c16-11-4-5-15(17)10(6-11)7-13(19)9-20-14-3-1-2-12(18)8-14/h1-6,8,13H,7,9,19H2. The van der Waals surface area contributed by atoms with Gasteiger partial charge in [0, 0.05) is 26.7 Å². The highest BCUT2D eigenvalue weighted by atomic mass is 35.5. The van der Waals surface area contributed by atoms with Crippen molar-refractivity contribution >= 4 is 35.0 Å². The molecule has 106 valence electrons. The van der Waals surface area contributed by atoms with Crippen molar-refractivity contribution in [3.8, 4) is 0 Å². The highest BCUT2D eigenvalue weighted by Crippen LogP contribution is 2.24. The zero-order chi connectivity index (χ0) is 14.5. The average molecular weight is 330 g/mol. The van der Waals surface area contributed by atoms with Crippen LogP contribution in [0, 0.1) is 5.82 Å². The van der Waals surface area contributed by atoms with Crippen LogP contribution >= 0.6 is 35.0 Å². The third-order valence-corrected chi connectivity index (χ3v) is 4.54. The molecule has 2 rings (SSSR count). The predicted molar refractivity (Wildman–Crippen MR) is 85.3 cm³/mol. The van der Waals surface area contributed by atoms with Crippen LogP contribution in [0.25, 0.3) is 0 Å². The molecule has 0 bridgehead atoms. The Hall–Kier alpha value is -0.740. The number of hydrogen-bond donors (Lipinski definition) is 1. The molecule has 0 aliphatic carbocycles. The molecule has 0 saturated heterocycles. The average Bonchev–Trinajstić information content (AvgIpc) is 2.41. The summed E-state index contributed by atoms with van der Waals surface area (Å²) in [5.74, 6) is 0.452. The molecule has 0 heterocycles. The van der Waals surface area contributed by atoms with Gasteiger partial charge in [-0.2, -0.15) is 0 Å². The maximum Gasteiger partial charge on any atom is 0.124 e. The lowest BCUT2D eigenvalue weighted by Gasteiger charge is -2.13.